The molecule has 0 spiro atoms. The molecule has 0 N–H and O–H groups in total. The number of aromatic nitrogens is 2. The Labute approximate surface area is 187 Å². The minimum atomic E-state index is -0.473. The summed E-state index contributed by atoms with van der Waals surface area (Å²) in [6.45, 7) is 3.65. The summed E-state index contributed by atoms with van der Waals surface area (Å²) in [5.41, 5.74) is 0.996. The fourth-order valence-electron chi connectivity index (χ4n) is 2.80. The predicted molar refractivity (Wildman–Crippen MR) is 114 cm³/mol. The quantitative estimate of drug-likeness (QED) is 0.351. The molecule has 31 heavy (non-hydrogen) atoms. The summed E-state index contributed by atoms with van der Waals surface area (Å²) in [7, 11) is 0. The number of nitro groups is 1. The molecule has 0 fully saturated rings. The van der Waals surface area contributed by atoms with Crippen LogP contribution in [-0.2, 0) is 11.3 Å². The van der Waals surface area contributed by atoms with E-state index in [-0.39, 0.29) is 36.5 Å². The zero-order chi connectivity index (χ0) is 22.5. The van der Waals surface area contributed by atoms with Crippen LogP contribution >= 0.6 is 23.2 Å². The summed E-state index contributed by atoms with van der Waals surface area (Å²) in [5, 5.41) is 15.7. The fraction of sp³-hybridized carbons (Fsp3) is 0.250. The number of nitrogens with zero attached hydrogens (tertiary/aromatic N) is 4. The highest BCUT2D eigenvalue weighted by Gasteiger charge is 2.19. The zero-order valence-corrected chi connectivity index (χ0v) is 18.2. The van der Waals surface area contributed by atoms with Gasteiger partial charge in [0.15, 0.2) is 6.61 Å². The molecule has 0 aliphatic carbocycles. The lowest BCUT2D eigenvalue weighted by Gasteiger charge is -2.19. The molecule has 0 radical (unpaired) electrons. The summed E-state index contributed by atoms with van der Waals surface area (Å²) in [5.74, 6) is 0.591. The van der Waals surface area contributed by atoms with E-state index >= 15 is 0 Å². The highest BCUT2D eigenvalue weighted by molar-refractivity contribution is 6.36. The molecule has 2 aromatic carbocycles. The first kappa shape index (κ1) is 22.5. The van der Waals surface area contributed by atoms with Gasteiger partial charge in [-0.05, 0) is 44.2 Å². The zero-order valence-electron chi connectivity index (χ0n) is 16.7. The third-order valence-corrected chi connectivity index (χ3v) is 4.98. The summed E-state index contributed by atoms with van der Waals surface area (Å²) >= 11 is 12.1. The minimum absolute atomic E-state index is 0.0122. The van der Waals surface area contributed by atoms with Gasteiger partial charge >= 0.3 is 0 Å². The van der Waals surface area contributed by atoms with E-state index in [9.17, 15) is 14.9 Å². The molecule has 1 heterocycles. The molecule has 0 aliphatic rings. The maximum atomic E-state index is 12.5. The van der Waals surface area contributed by atoms with Crippen LogP contribution in [0.1, 0.15) is 18.4 Å². The van der Waals surface area contributed by atoms with Gasteiger partial charge in [-0.25, -0.2) is 0 Å². The Kier molecular flexibility index (Phi) is 7.09. The first-order valence-electron chi connectivity index (χ1n) is 9.22. The second kappa shape index (κ2) is 9.76. The van der Waals surface area contributed by atoms with Gasteiger partial charge in [0.2, 0.25) is 11.7 Å². The molecule has 11 heteroatoms. The van der Waals surface area contributed by atoms with E-state index in [1.807, 2.05) is 0 Å². The lowest BCUT2D eigenvalue weighted by atomic mass is 10.2. The standard InChI is InChI=1S/C20H18Cl2N4O5/c1-3-25(19(27)11-30-14-5-7-17(26(28)29)12(2)8-14)10-18-23-20(24-31-18)15-6-4-13(21)9-16(15)22/h4-9H,3,10-11H2,1-2H3. The van der Waals surface area contributed by atoms with E-state index in [0.717, 1.165) is 0 Å². The topological polar surface area (TPSA) is 112 Å². The first-order chi connectivity index (χ1) is 14.8. The van der Waals surface area contributed by atoms with Gasteiger partial charge in [0.05, 0.1) is 9.95 Å². The van der Waals surface area contributed by atoms with Gasteiger partial charge < -0.3 is 14.2 Å². The van der Waals surface area contributed by atoms with Crippen molar-refractivity contribution in [2.75, 3.05) is 13.2 Å². The average Bonchev–Trinajstić information content (AvgIpc) is 3.18. The molecular weight excluding hydrogens is 447 g/mol. The average molecular weight is 465 g/mol. The monoisotopic (exact) mass is 464 g/mol. The van der Waals surface area contributed by atoms with Gasteiger partial charge in [0.25, 0.3) is 11.6 Å². The number of carbonyl (C=O) groups is 1. The number of benzene rings is 2. The SMILES string of the molecule is CCN(Cc1nc(-c2ccc(Cl)cc2Cl)no1)C(=O)COc1ccc([N+](=O)[O-])c(C)c1. The molecule has 9 nitrogen and oxygen atoms in total. The molecule has 0 aliphatic heterocycles. The third-order valence-electron chi connectivity index (χ3n) is 4.43. The predicted octanol–water partition coefficient (Wildman–Crippen LogP) is 4.69. The number of hydrogen-bond donors (Lipinski definition) is 0. The van der Waals surface area contributed by atoms with Gasteiger partial charge in [-0.3, -0.25) is 14.9 Å². The van der Waals surface area contributed by atoms with Crippen molar-refractivity contribution in [2.45, 2.75) is 20.4 Å². The van der Waals surface area contributed by atoms with E-state index in [2.05, 4.69) is 10.1 Å². The van der Waals surface area contributed by atoms with Crippen LogP contribution in [0.15, 0.2) is 40.9 Å². The summed E-state index contributed by atoms with van der Waals surface area (Å²) in [6, 6.07) is 9.23. The van der Waals surface area contributed by atoms with Crippen LogP contribution in [0.2, 0.25) is 10.0 Å². The van der Waals surface area contributed by atoms with Crippen molar-refractivity contribution in [2.24, 2.45) is 0 Å². The Hall–Kier alpha value is -3.17. The van der Waals surface area contributed by atoms with Crippen LogP contribution in [0.25, 0.3) is 11.4 Å². The van der Waals surface area contributed by atoms with Crippen molar-refractivity contribution in [3.8, 4) is 17.1 Å². The molecule has 0 saturated heterocycles. The van der Waals surface area contributed by atoms with E-state index in [0.29, 0.717) is 33.5 Å². The number of aryl methyl sites for hydroxylation is 1. The van der Waals surface area contributed by atoms with E-state index in [1.165, 1.54) is 23.1 Å². The third kappa shape index (κ3) is 5.50. The molecule has 162 valence electrons. The number of carbonyl (C=O) groups excluding carboxylic acids is 1. The molecule has 0 atom stereocenters. The summed E-state index contributed by atoms with van der Waals surface area (Å²) < 4.78 is 10.7. The number of rotatable bonds is 8. The van der Waals surface area contributed by atoms with Crippen LogP contribution in [0.4, 0.5) is 5.69 Å². The Morgan fingerprint density at radius 3 is 2.68 bits per heavy atom. The smallest absolute Gasteiger partial charge is 0.272 e. The number of hydrogen-bond acceptors (Lipinski definition) is 7. The lowest BCUT2D eigenvalue weighted by Crippen LogP contribution is -2.34. The Morgan fingerprint density at radius 2 is 2.03 bits per heavy atom. The number of ether oxygens (including phenoxy) is 1. The number of nitro benzene ring substituents is 1. The fourth-order valence-corrected chi connectivity index (χ4v) is 3.29. The number of amides is 1. The van der Waals surface area contributed by atoms with Gasteiger partial charge in [-0.15, -0.1) is 0 Å². The highest BCUT2D eigenvalue weighted by atomic mass is 35.5. The van der Waals surface area contributed by atoms with Crippen molar-refractivity contribution < 1.29 is 19.0 Å². The molecule has 1 aromatic heterocycles. The molecular formula is C20H18Cl2N4O5. The van der Waals surface area contributed by atoms with Gasteiger partial charge in [0, 0.05) is 28.8 Å². The van der Waals surface area contributed by atoms with Crippen LogP contribution in [0.3, 0.4) is 0 Å². The van der Waals surface area contributed by atoms with Crippen molar-refractivity contribution in [3.05, 3.63) is 68.0 Å². The van der Waals surface area contributed by atoms with E-state index in [4.69, 9.17) is 32.5 Å². The van der Waals surface area contributed by atoms with Crippen LogP contribution in [0, 0.1) is 17.0 Å². The first-order valence-corrected chi connectivity index (χ1v) is 9.97. The maximum absolute atomic E-state index is 12.5. The second-order valence-electron chi connectivity index (χ2n) is 6.54. The van der Waals surface area contributed by atoms with Crippen LogP contribution in [0.5, 0.6) is 5.75 Å². The number of likely N-dealkylation sites (N-methyl/N-ethyl adjacent to an activating group) is 1. The van der Waals surface area contributed by atoms with Crippen LogP contribution < -0.4 is 4.74 Å². The molecule has 1 amide bonds. The van der Waals surface area contributed by atoms with Gasteiger partial charge in [-0.2, -0.15) is 4.98 Å². The van der Waals surface area contributed by atoms with Crippen molar-refractivity contribution in [1.29, 1.82) is 0 Å². The maximum Gasteiger partial charge on any atom is 0.272 e. The van der Waals surface area contributed by atoms with Gasteiger partial charge in [-0.1, -0.05) is 28.4 Å². The minimum Gasteiger partial charge on any atom is -0.484 e. The summed E-state index contributed by atoms with van der Waals surface area (Å²) in [6.07, 6.45) is 0. The Bertz CT molecular complexity index is 1120. The van der Waals surface area contributed by atoms with Gasteiger partial charge in [0.1, 0.15) is 12.3 Å². The molecule has 0 unspecified atom stereocenters. The van der Waals surface area contributed by atoms with E-state index in [1.54, 1.807) is 32.0 Å². The van der Waals surface area contributed by atoms with Crippen molar-refractivity contribution in [1.82, 2.24) is 15.0 Å². The van der Waals surface area contributed by atoms with Crippen molar-refractivity contribution >= 4 is 34.8 Å². The summed E-state index contributed by atoms with van der Waals surface area (Å²) in [4.78, 5) is 28.8. The molecule has 3 aromatic rings. The Morgan fingerprint density at radius 1 is 1.26 bits per heavy atom. The lowest BCUT2D eigenvalue weighted by molar-refractivity contribution is -0.385. The largest absolute Gasteiger partial charge is 0.484 e. The normalized spacial score (nSPS) is 10.7. The second-order valence-corrected chi connectivity index (χ2v) is 7.38. The highest BCUT2D eigenvalue weighted by Crippen LogP contribution is 2.28. The van der Waals surface area contributed by atoms with E-state index < -0.39 is 4.92 Å². The number of halogens is 2. The van der Waals surface area contributed by atoms with Crippen molar-refractivity contribution in [3.63, 3.8) is 0 Å². The molecule has 3 rings (SSSR count). The molecule has 0 bridgehead atoms. The Balaban J connectivity index is 1.63. The van der Waals surface area contributed by atoms with Crippen LogP contribution in [-0.4, -0.2) is 39.0 Å². The molecule has 0 saturated carbocycles.